The van der Waals surface area contributed by atoms with Crippen molar-refractivity contribution < 1.29 is 27.1 Å². The van der Waals surface area contributed by atoms with Crippen molar-refractivity contribution >= 4 is 23.3 Å². The topological polar surface area (TPSA) is 94.5 Å². The van der Waals surface area contributed by atoms with Crippen molar-refractivity contribution in [3.8, 4) is 11.3 Å². The number of benzene rings is 1. The second kappa shape index (κ2) is 10.2. The number of oxazole rings is 1. The van der Waals surface area contributed by atoms with Gasteiger partial charge in [-0.1, -0.05) is 29.8 Å². The molecule has 1 unspecified atom stereocenters. The van der Waals surface area contributed by atoms with Crippen molar-refractivity contribution in [2.75, 3.05) is 25.2 Å². The lowest BCUT2D eigenvalue weighted by Crippen LogP contribution is -2.28. The van der Waals surface area contributed by atoms with Gasteiger partial charge < -0.3 is 19.8 Å². The molecular weight excluding hydrogens is 461 g/mol. The molecule has 176 valence electrons. The number of hydrogen-bond donors (Lipinski definition) is 1. The predicted octanol–water partition coefficient (Wildman–Crippen LogP) is 4.65. The van der Waals surface area contributed by atoms with Crippen LogP contribution in [0.3, 0.4) is 0 Å². The van der Waals surface area contributed by atoms with E-state index in [1.807, 2.05) is 0 Å². The number of anilines is 1. The summed E-state index contributed by atoms with van der Waals surface area (Å²) in [7, 11) is 1.51. The number of carbonyl (C=O) groups is 1. The third-order valence-electron chi connectivity index (χ3n) is 4.96. The van der Waals surface area contributed by atoms with Gasteiger partial charge in [-0.25, -0.2) is 9.97 Å². The van der Waals surface area contributed by atoms with E-state index in [0.29, 0.717) is 28.5 Å². The van der Waals surface area contributed by atoms with Crippen LogP contribution >= 0.6 is 11.6 Å². The van der Waals surface area contributed by atoms with Crippen LogP contribution in [-0.4, -0.2) is 36.1 Å². The Balaban J connectivity index is 1.99. The van der Waals surface area contributed by atoms with Gasteiger partial charge in [-0.15, -0.1) is 0 Å². The molecule has 11 heteroatoms. The highest BCUT2D eigenvalue weighted by molar-refractivity contribution is 6.30. The Morgan fingerprint density at radius 3 is 2.64 bits per heavy atom. The first-order valence-corrected chi connectivity index (χ1v) is 10.3. The molecule has 0 bridgehead atoms. The van der Waals surface area contributed by atoms with Crippen LogP contribution in [-0.2, 0) is 22.3 Å². The number of alkyl halides is 3. The summed E-state index contributed by atoms with van der Waals surface area (Å²) < 4.78 is 50.4. The van der Waals surface area contributed by atoms with Gasteiger partial charge in [0.15, 0.2) is 5.76 Å². The zero-order chi connectivity index (χ0) is 24.2. The first-order chi connectivity index (χ1) is 15.6. The Bertz CT molecular complexity index is 1100. The number of rotatable bonds is 9. The van der Waals surface area contributed by atoms with E-state index in [0.717, 1.165) is 0 Å². The third kappa shape index (κ3) is 6.02. The molecule has 0 aliphatic heterocycles. The number of aromatic nitrogens is 2. The molecule has 0 saturated carbocycles. The molecule has 1 atom stereocenters. The molecule has 0 spiro atoms. The number of ether oxygens (including phenoxy) is 1. The van der Waals surface area contributed by atoms with Crippen molar-refractivity contribution in [1.29, 1.82) is 0 Å². The largest absolute Gasteiger partial charge is 0.468 e. The molecule has 3 aromatic rings. The minimum Gasteiger partial charge on any atom is -0.435 e. The van der Waals surface area contributed by atoms with Crippen molar-refractivity contribution in [3.05, 3.63) is 64.8 Å². The summed E-state index contributed by atoms with van der Waals surface area (Å²) >= 11 is 6.03. The Morgan fingerprint density at radius 1 is 1.30 bits per heavy atom. The maximum atomic E-state index is 13.4. The van der Waals surface area contributed by atoms with Gasteiger partial charge in [-0.3, -0.25) is 4.79 Å². The smallest absolute Gasteiger partial charge is 0.435 e. The summed E-state index contributed by atoms with van der Waals surface area (Å²) in [5.74, 6) is -1.92. The van der Waals surface area contributed by atoms with Gasteiger partial charge in [0.05, 0.1) is 19.1 Å². The quantitative estimate of drug-likeness (QED) is 0.477. The first kappa shape index (κ1) is 24.5. The maximum Gasteiger partial charge on any atom is 0.468 e. The van der Waals surface area contributed by atoms with E-state index in [-0.39, 0.29) is 24.6 Å². The van der Waals surface area contributed by atoms with E-state index in [2.05, 4.69) is 9.97 Å². The molecule has 33 heavy (non-hydrogen) atoms. The van der Waals surface area contributed by atoms with Crippen LogP contribution in [0.2, 0.25) is 5.02 Å². The van der Waals surface area contributed by atoms with Crippen molar-refractivity contribution in [1.82, 2.24) is 9.97 Å². The number of halogens is 4. The average molecular weight is 483 g/mol. The van der Waals surface area contributed by atoms with Gasteiger partial charge in [-0.2, -0.15) is 13.2 Å². The van der Waals surface area contributed by atoms with Gasteiger partial charge in [0.25, 0.3) is 0 Å². The number of carbonyl (C=O) groups excluding carboxylic acids is 1. The molecule has 2 aromatic heterocycles. The summed E-state index contributed by atoms with van der Waals surface area (Å²) in [4.78, 5) is 21.2. The van der Waals surface area contributed by atoms with E-state index in [1.165, 1.54) is 19.4 Å². The lowest BCUT2D eigenvalue weighted by atomic mass is 10.0. The summed E-state index contributed by atoms with van der Waals surface area (Å²) in [5.41, 5.74) is 6.39. The van der Waals surface area contributed by atoms with Crippen LogP contribution < -0.4 is 10.6 Å². The van der Waals surface area contributed by atoms with Crippen LogP contribution in [0.15, 0.2) is 47.0 Å². The second-order valence-electron chi connectivity index (χ2n) is 7.29. The van der Waals surface area contributed by atoms with Crippen LogP contribution in [0.5, 0.6) is 0 Å². The molecule has 0 fully saturated rings. The zero-order valence-corrected chi connectivity index (χ0v) is 18.7. The fourth-order valence-electron chi connectivity index (χ4n) is 3.10. The minimum atomic E-state index is -4.76. The Kier molecular flexibility index (Phi) is 7.60. The maximum absolute atomic E-state index is 13.4. The molecule has 3 rings (SSSR count). The van der Waals surface area contributed by atoms with E-state index < -0.39 is 23.9 Å². The molecule has 1 aromatic carbocycles. The van der Waals surface area contributed by atoms with Crippen LogP contribution in [0.25, 0.3) is 11.3 Å². The number of hydrogen-bond acceptors (Lipinski definition) is 6. The first-order valence-electron chi connectivity index (χ1n) is 9.92. The van der Waals surface area contributed by atoms with E-state index >= 15 is 0 Å². The van der Waals surface area contributed by atoms with Gasteiger partial charge in [-0.05, 0) is 30.7 Å². The molecule has 7 nitrogen and oxygen atoms in total. The number of pyridine rings is 1. The highest BCUT2D eigenvalue weighted by Crippen LogP contribution is 2.35. The van der Waals surface area contributed by atoms with Gasteiger partial charge in [0.1, 0.15) is 11.5 Å². The third-order valence-corrected chi connectivity index (χ3v) is 5.19. The predicted molar refractivity (Wildman–Crippen MR) is 117 cm³/mol. The summed E-state index contributed by atoms with van der Waals surface area (Å²) in [6.45, 7) is 2.19. The standard InChI is InChI=1S/C22H22ClF3N4O3/c1-13(20(27)31)15-6-7-18(28-11-15)30(8-9-32-2)12-17-19(14-4-3-5-16(23)10-14)29-21(33-17)22(24,25)26/h3-7,10-11,13H,8-9,12H2,1-2H3,(H2,27,31). The molecule has 1 amide bonds. The van der Waals surface area contributed by atoms with Gasteiger partial charge >= 0.3 is 12.1 Å². The van der Waals surface area contributed by atoms with Gasteiger partial charge in [0.2, 0.25) is 5.91 Å². The van der Waals surface area contributed by atoms with E-state index in [4.69, 9.17) is 26.5 Å². The van der Waals surface area contributed by atoms with Crippen molar-refractivity contribution in [2.24, 2.45) is 5.73 Å². The molecule has 2 N–H and O–H groups in total. The Labute approximate surface area is 193 Å². The van der Waals surface area contributed by atoms with E-state index in [9.17, 15) is 18.0 Å². The van der Waals surface area contributed by atoms with E-state index in [1.54, 1.807) is 42.2 Å². The number of amides is 1. The number of primary amides is 1. The number of methoxy groups -OCH3 is 1. The number of nitrogens with two attached hydrogens (primary N) is 1. The fourth-order valence-corrected chi connectivity index (χ4v) is 3.29. The minimum absolute atomic E-state index is 0.00271. The molecule has 2 heterocycles. The highest BCUT2D eigenvalue weighted by atomic mass is 35.5. The second-order valence-corrected chi connectivity index (χ2v) is 7.72. The fraction of sp³-hybridized carbons (Fsp3) is 0.318. The zero-order valence-electron chi connectivity index (χ0n) is 17.9. The Hall–Kier alpha value is -3.11. The van der Waals surface area contributed by atoms with Crippen molar-refractivity contribution in [2.45, 2.75) is 25.6 Å². The lowest BCUT2D eigenvalue weighted by Gasteiger charge is -2.23. The monoisotopic (exact) mass is 482 g/mol. The SMILES string of the molecule is COCCN(Cc1oc(C(F)(F)F)nc1-c1cccc(Cl)c1)c1ccc(C(C)C(N)=O)cn1. The Morgan fingerprint density at radius 2 is 2.06 bits per heavy atom. The van der Waals surface area contributed by atoms with Crippen LogP contribution in [0, 0.1) is 0 Å². The molecule has 0 saturated heterocycles. The molecular formula is C22H22ClF3N4O3. The van der Waals surface area contributed by atoms with Crippen molar-refractivity contribution in [3.63, 3.8) is 0 Å². The van der Waals surface area contributed by atoms with Crippen LogP contribution in [0.1, 0.15) is 30.1 Å². The van der Waals surface area contributed by atoms with Gasteiger partial charge in [0, 0.05) is 30.4 Å². The lowest BCUT2D eigenvalue weighted by molar-refractivity contribution is -0.157. The summed E-state index contributed by atoms with van der Waals surface area (Å²) in [6.07, 6.45) is -3.25. The highest BCUT2D eigenvalue weighted by Gasteiger charge is 2.39. The normalized spacial score (nSPS) is 12.5. The summed E-state index contributed by atoms with van der Waals surface area (Å²) in [6, 6.07) is 9.69. The summed E-state index contributed by atoms with van der Waals surface area (Å²) in [5, 5.41) is 0.354. The van der Waals surface area contributed by atoms with Crippen LogP contribution in [0.4, 0.5) is 19.0 Å². The average Bonchev–Trinajstić information content (AvgIpc) is 3.20. The number of nitrogens with zero attached hydrogens (tertiary/aromatic N) is 3. The molecule has 0 aliphatic rings. The molecule has 0 aliphatic carbocycles. The molecule has 0 radical (unpaired) electrons.